The lowest BCUT2D eigenvalue weighted by atomic mass is 10.1. The van der Waals surface area contributed by atoms with E-state index in [1.165, 1.54) is 38.5 Å². The third-order valence-electron chi connectivity index (χ3n) is 9.85. The normalized spacial score (nSPS) is 16.1. The van der Waals surface area contributed by atoms with Crippen molar-refractivity contribution in [1.82, 2.24) is 4.98 Å². The number of ether oxygens (including phenoxy) is 5. The molecule has 0 N–H and O–H groups in total. The highest BCUT2D eigenvalue weighted by Crippen LogP contribution is 2.40. The fourth-order valence-corrected chi connectivity index (χ4v) is 12.4. The van der Waals surface area contributed by atoms with Gasteiger partial charge in [0.25, 0.3) is 0 Å². The smallest absolute Gasteiger partial charge is 0.148 e. The van der Waals surface area contributed by atoms with Gasteiger partial charge < -0.3 is 23.7 Å². The lowest BCUT2D eigenvalue weighted by Crippen LogP contribution is -2.43. The molecule has 5 heterocycles. The molecule has 7 rings (SSSR count). The molecule has 0 aliphatic carbocycles. The summed E-state index contributed by atoms with van der Waals surface area (Å²) in [5.41, 5.74) is 9.29. The summed E-state index contributed by atoms with van der Waals surface area (Å²) in [5, 5.41) is 0. The van der Waals surface area contributed by atoms with Gasteiger partial charge in [-0.3, -0.25) is 4.98 Å². The molecule has 272 valence electrons. The van der Waals surface area contributed by atoms with Crippen molar-refractivity contribution in [3.63, 3.8) is 0 Å². The van der Waals surface area contributed by atoms with E-state index in [0.717, 1.165) is 65.8 Å². The number of hydrogen-bond donors (Lipinski definition) is 0. The second kappa shape index (κ2) is 21.1. The molecule has 0 fully saturated rings. The van der Waals surface area contributed by atoms with Crippen LogP contribution in [0, 0.1) is 11.5 Å². The van der Waals surface area contributed by atoms with Crippen LogP contribution in [-0.2, 0) is 35.9 Å². The van der Waals surface area contributed by atoms with Crippen LogP contribution in [0.4, 0.5) is 0 Å². The summed E-state index contributed by atoms with van der Waals surface area (Å²) in [7, 11) is -1.82. The van der Waals surface area contributed by atoms with Crippen LogP contribution in [0.1, 0.15) is 115 Å². The second-order valence-electron chi connectivity index (χ2n) is 14.6. The van der Waals surface area contributed by atoms with Gasteiger partial charge in [-0.1, -0.05) is 110 Å². The highest BCUT2D eigenvalue weighted by molar-refractivity contribution is 6.90. The first-order chi connectivity index (χ1) is 24.3. The Morgan fingerprint density at radius 3 is 1.44 bits per heavy atom. The molecular weight excluding hydrogens is 639 g/mol. The molecular formula is C43H61NO5Si. The molecule has 2 aromatic carbocycles. The predicted octanol–water partition coefficient (Wildman–Crippen LogP) is 11.0. The molecule has 0 atom stereocenters. The predicted molar refractivity (Wildman–Crippen MR) is 206 cm³/mol. The van der Waals surface area contributed by atoms with E-state index in [4.69, 9.17) is 28.7 Å². The Labute approximate surface area is 303 Å². The van der Waals surface area contributed by atoms with Crippen LogP contribution in [0.2, 0.25) is 16.6 Å². The van der Waals surface area contributed by atoms with Crippen molar-refractivity contribution >= 4 is 8.07 Å². The van der Waals surface area contributed by atoms with Gasteiger partial charge in [-0.25, -0.2) is 0 Å². The van der Waals surface area contributed by atoms with Crippen molar-refractivity contribution in [2.75, 3.05) is 19.8 Å². The molecule has 7 heteroatoms. The van der Waals surface area contributed by atoms with Gasteiger partial charge >= 0.3 is 0 Å². The summed E-state index contributed by atoms with van der Waals surface area (Å²) < 4.78 is 30.5. The summed E-state index contributed by atoms with van der Waals surface area (Å²) in [4.78, 5) is 4.86. The minimum Gasteiger partial charge on any atom is -0.494 e. The topological polar surface area (TPSA) is 59.0 Å². The van der Waals surface area contributed by atoms with E-state index >= 15 is 0 Å². The zero-order valence-corrected chi connectivity index (χ0v) is 32.6. The molecule has 0 radical (unpaired) electrons. The summed E-state index contributed by atoms with van der Waals surface area (Å²) >= 11 is 0. The van der Waals surface area contributed by atoms with E-state index in [9.17, 15) is 0 Å². The molecule has 4 aliphatic rings. The van der Waals surface area contributed by atoms with Gasteiger partial charge in [-0.15, -0.1) is 5.54 Å². The Hall–Kier alpha value is -3.31. The zero-order chi connectivity index (χ0) is 35.6. The molecule has 6 bridgehead atoms. The van der Waals surface area contributed by atoms with Gasteiger partial charge in [0.05, 0.1) is 51.0 Å². The van der Waals surface area contributed by atoms with Crippen LogP contribution in [0.5, 0.6) is 17.2 Å². The SMILES string of the molecule is CC(C)[Si](C#CCOc1cc2nc(c1)COCc1ccc(cc1)OCCCCCCCCCCOc1ccc(cc1)COC2)(C(C)C)C(C)C. The summed E-state index contributed by atoms with van der Waals surface area (Å²) in [6.45, 7) is 17.5. The molecule has 0 saturated heterocycles. The second-order valence-corrected chi connectivity index (χ2v) is 20.2. The minimum absolute atomic E-state index is 0.342. The van der Waals surface area contributed by atoms with Crippen molar-refractivity contribution in [2.24, 2.45) is 0 Å². The summed E-state index contributed by atoms with van der Waals surface area (Å²) in [6.07, 6.45) is 9.71. The maximum absolute atomic E-state index is 6.25. The van der Waals surface area contributed by atoms with Crippen LogP contribution in [-0.4, -0.2) is 32.9 Å². The van der Waals surface area contributed by atoms with Gasteiger partial charge in [0.15, 0.2) is 0 Å². The Kier molecular flexibility index (Phi) is 16.7. The Morgan fingerprint density at radius 1 is 0.600 bits per heavy atom. The molecule has 0 saturated carbocycles. The molecule has 6 nitrogen and oxygen atoms in total. The molecule has 1 aromatic heterocycles. The highest BCUT2D eigenvalue weighted by atomic mass is 28.3. The third kappa shape index (κ3) is 12.8. The molecule has 3 aromatic rings. The fraction of sp³-hybridized carbons (Fsp3) is 0.558. The Morgan fingerprint density at radius 2 is 1.02 bits per heavy atom. The number of hydrogen-bond acceptors (Lipinski definition) is 6. The number of pyridine rings is 1. The summed E-state index contributed by atoms with van der Waals surface area (Å²) in [5.74, 6) is 5.97. The van der Waals surface area contributed by atoms with Crippen LogP contribution in [0.3, 0.4) is 0 Å². The van der Waals surface area contributed by atoms with Gasteiger partial charge in [0.1, 0.15) is 31.9 Å². The number of nitrogens with zero attached hydrogens (tertiary/aromatic N) is 1. The van der Waals surface area contributed by atoms with Gasteiger partial charge in [0.2, 0.25) is 0 Å². The van der Waals surface area contributed by atoms with Gasteiger partial charge in [0, 0.05) is 12.1 Å². The standard InChI is InChI=1S/C43H61NO5Si/c1-34(2)50(35(3)4,36(5)6)27-15-26-49-43-28-39-32-45-30-37-16-20-41(21-17-37)47-24-13-11-9-7-8-10-12-14-25-48-42-22-18-38(19-23-42)31-46-33-40(29-43)44-39/h16-23,28-29,34-36H,7-14,24-26,30-33H2,1-6H3. The van der Waals surface area contributed by atoms with Crippen LogP contribution in [0.15, 0.2) is 60.7 Å². The molecule has 0 amide bonds. The largest absolute Gasteiger partial charge is 0.494 e. The van der Waals surface area contributed by atoms with Crippen LogP contribution < -0.4 is 14.2 Å². The molecule has 4 aliphatic heterocycles. The Bertz CT molecular complexity index is 1360. The van der Waals surface area contributed by atoms with E-state index < -0.39 is 8.07 Å². The maximum atomic E-state index is 6.25. The number of rotatable bonds is 5. The van der Waals surface area contributed by atoms with Crippen molar-refractivity contribution in [3.05, 3.63) is 83.2 Å². The monoisotopic (exact) mass is 699 g/mol. The van der Waals surface area contributed by atoms with Crippen molar-refractivity contribution in [1.29, 1.82) is 0 Å². The van der Waals surface area contributed by atoms with Crippen molar-refractivity contribution < 1.29 is 23.7 Å². The lowest BCUT2D eigenvalue weighted by Gasteiger charge is -2.38. The van der Waals surface area contributed by atoms with Crippen LogP contribution in [0.25, 0.3) is 0 Å². The van der Waals surface area contributed by atoms with Crippen molar-refractivity contribution in [2.45, 2.75) is 136 Å². The maximum Gasteiger partial charge on any atom is 0.148 e. The van der Waals surface area contributed by atoms with Crippen LogP contribution >= 0.6 is 0 Å². The first-order valence-corrected chi connectivity index (χ1v) is 21.2. The van der Waals surface area contributed by atoms with E-state index in [-0.39, 0.29) is 0 Å². The van der Waals surface area contributed by atoms with E-state index in [2.05, 4.69) is 77.3 Å². The number of aromatic nitrogens is 1. The molecule has 0 unspecified atom stereocenters. The van der Waals surface area contributed by atoms with Gasteiger partial charge in [-0.2, -0.15) is 0 Å². The number of benzene rings is 2. The lowest BCUT2D eigenvalue weighted by molar-refractivity contribution is 0.0976. The molecule has 0 spiro atoms. The first-order valence-electron chi connectivity index (χ1n) is 19.0. The zero-order valence-electron chi connectivity index (χ0n) is 31.6. The average Bonchev–Trinajstić information content (AvgIpc) is 3.09. The summed E-state index contributed by atoms with van der Waals surface area (Å²) in [6, 6.07) is 20.3. The third-order valence-corrected chi connectivity index (χ3v) is 16.2. The molecule has 50 heavy (non-hydrogen) atoms. The first kappa shape index (κ1) is 39.5. The minimum atomic E-state index is -1.82. The van der Waals surface area contributed by atoms with Gasteiger partial charge in [-0.05, 0) is 64.9 Å². The van der Waals surface area contributed by atoms with E-state index in [1.54, 1.807) is 0 Å². The fourth-order valence-electron chi connectivity index (χ4n) is 7.15. The highest BCUT2D eigenvalue weighted by Gasteiger charge is 2.41. The van der Waals surface area contributed by atoms with Crippen molar-refractivity contribution in [3.8, 4) is 28.7 Å². The van der Waals surface area contributed by atoms with E-state index in [1.807, 2.05) is 36.4 Å². The average molecular weight is 700 g/mol. The Balaban J connectivity index is 1.44. The van der Waals surface area contributed by atoms with E-state index in [0.29, 0.717) is 49.7 Å². The quantitative estimate of drug-likeness (QED) is 0.195.